The maximum atomic E-state index is 13.1. The maximum absolute atomic E-state index is 13.1. The van der Waals surface area contributed by atoms with Crippen LogP contribution in [0.2, 0.25) is 0 Å². The Morgan fingerprint density at radius 1 is 1.15 bits per heavy atom. The second kappa shape index (κ2) is 7.39. The van der Waals surface area contributed by atoms with Gasteiger partial charge in [-0.05, 0) is 30.3 Å². The molecule has 0 saturated carbocycles. The number of nitrogens with one attached hydrogen (secondary N) is 1. The van der Waals surface area contributed by atoms with E-state index in [9.17, 15) is 19.3 Å². The number of nitro groups is 1. The minimum Gasteiger partial charge on any atom is -0.455 e. The van der Waals surface area contributed by atoms with Crippen molar-refractivity contribution in [3.8, 4) is 11.3 Å². The van der Waals surface area contributed by atoms with Crippen molar-refractivity contribution in [1.82, 2.24) is 5.43 Å². The van der Waals surface area contributed by atoms with E-state index in [4.69, 9.17) is 4.42 Å². The first-order chi connectivity index (χ1) is 12.5. The van der Waals surface area contributed by atoms with E-state index in [0.717, 1.165) is 6.07 Å². The molecule has 3 rings (SSSR count). The lowest BCUT2D eigenvalue weighted by molar-refractivity contribution is -0.384. The van der Waals surface area contributed by atoms with Crippen LogP contribution in [0.25, 0.3) is 11.3 Å². The quantitative estimate of drug-likeness (QED) is 0.429. The van der Waals surface area contributed by atoms with Gasteiger partial charge in [0, 0.05) is 23.3 Å². The van der Waals surface area contributed by atoms with E-state index < -0.39 is 16.6 Å². The SMILES string of the molecule is O=C(NN=Cc1ccc(-c2cccc([N+](=O)[O-])c2)o1)c1cccc(F)c1. The second-order valence-electron chi connectivity index (χ2n) is 5.22. The Kier molecular flexibility index (Phi) is 4.84. The monoisotopic (exact) mass is 353 g/mol. The summed E-state index contributed by atoms with van der Waals surface area (Å²) in [4.78, 5) is 22.2. The topological polar surface area (TPSA) is 97.7 Å². The zero-order valence-corrected chi connectivity index (χ0v) is 13.3. The minimum atomic E-state index is -0.564. The van der Waals surface area contributed by atoms with Crippen LogP contribution in [0.3, 0.4) is 0 Å². The zero-order chi connectivity index (χ0) is 18.5. The van der Waals surface area contributed by atoms with Crippen molar-refractivity contribution >= 4 is 17.8 Å². The molecule has 130 valence electrons. The number of rotatable bonds is 5. The maximum Gasteiger partial charge on any atom is 0.271 e. The van der Waals surface area contributed by atoms with Crippen molar-refractivity contribution in [1.29, 1.82) is 0 Å². The van der Waals surface area contributed by atoms with Gasteiger partial charge in [-0.3, -0.25) is 14.9 Å². The number of non-ortho nitro benzene ring substituents is 1. The average Bonchev–Trinajstić information content (AvgIpc) is 3.10. The second-order valence-corrected chi connectivity index (χ2v) is 5.22. The van der Waals surface area contributed by atoms with Crippen LogP contribution in [0.1, 0.15) is 16.1 Å². The van der Waals surface area contributed by atoms with E-state index >= 15 is 0 Å². The Morgan fingerprint density at radius 3 is 2.73 bits per heavy atom. The number of halogens is 1. The number of carbonyl (C=O) groups excluding carboxylic acids is 1. The molecular weight excluding hydrogens is 341 g/mol. The van der Waals surface area contributed by atoms with E-state index in [1.165, 1.54) is 36.5 Å². The Morgan fingerprint density at radius 2 is 1.96 bits per heavy atom. The van der Waals surface area contributed by atoms with Crippen LogP contribution < -0.4 is 5.43 Å². The summed E-state index contributed by atoms with van der Waals surface area (Å²) >= 11 is 0. The lowest BCUT2D eigenvalue weighted by Gasteiger charge is -1.99. The van der Waals surface area contributed by atoms with Gasteiger partial charge in [0.2, 0.25) is 0 Å². The molecule has 2 aromatic carbocycles. The fraction of sp³-hybridized carbons (Fsp3) is 0. The highest BCUT2D eigenvalue weighted by Gasteiger charge is 2.10. The van der Waals surface area contributed by atoms with Crippen LogP contribution in [0.5, 0.6) is 0 Å². The third kappa shape index (κ3) is 3.99. The Balaban J connectivity index is 1.68. The van der Waals surface area contributed by atoms with Gasteiger partial charge >= 0.3 is 0 Å². The first kappa shape index (κ1) is 17.0. The first-order valence-corrected chi connectivity index (χ1v) is 7.46. The summed E-state index contributed by atoms with van der Waals surface area (Å²) in [5.74, 6) is -0.321. The van der Waals surface area contributed by atoms with Crippen molar-refractivity contribution in [2.75, 3.05) is 0 Å². The fourth-order valence-electron chi connectivity index (χ4n) is 2.20. The third-order valence-corrected chi connectivity index (χ3v) is 3.41. The number of nitro benzene ring substituents is 1. The molecule has 0 bridgehead atoms. The van der Waals surface area contributed by atoms with Crippen LogP contribution in [0, 0.1) is 15.9 Å². The Hall–Kier alpha value is -3.81. The molecule has 0 atom stereocenters. The number of nitrogens with zero attached hydrogens (tertiary/aromatic N) is 2. The molecule has 0 aliphatic heterocycles. The van der Waals surface area contributed by atoms with Gasteiger partial charge in [-0.2, -0.15) is 5.10 Å². The molecule has 1 heterocycles. The van der Waals surface area contributed by atoms with Crippen molar-refractivity contribution < 1.29 is 18.5 Å². The number of amides is 1. The standard InChI is InChI=1S/C18H12FN3O4/c19-14-5-1-4-13(9-14)18(23)21-20-11-16-7-8-17(26-16)12-3-2-6-15(10-12)22(24)25/h1-11H,(H,21,23). The predicted molar refractivity (Wildman–Crippen MR) is 92.3 cm³/mol. The van der Waals surface area contributed by atoms with E-state index in [2.05, 4.69) is 10.5 Å². The van der Waals surface area contributed by atoms with Crippen LogP contribution in [-0.2, 0) is 0 Å². The van der Waals surface area contributed by atoms with Crippen LogP contribution >= 0.6 is 0 Å². The van der Waals surface area contributed by atoms with Gasteiger partial charge in [-0.25, -0.2) is 9.82 Å². The summed E-state index contributed by atoms with van der Waals surface area (Å²) in [7, 11) is 0. The highest BCUT2D eigenvalue weighted by molar-refractivity contribution is 5.94. The molecule has 0 aliphatic rings. The van der Waals surface area contributed by atoms with Crippen molar-refractivity contribution in [3.05, 3.63) is 87.9 Å². The molecule has 1 N–H and O–H groups in total. The molecule has 0 aliphatic carbocycles. The molecule has 0 unspecified atom stereocenters. The molecule has 7 nitrogen and oxygen atoms in total. The number of hydrogen-bond acceptors (Lipinski definition) is 5. The summed E-state index contributed by atoms with van der Waals surface area (Å²) in [6.07, 6.45) is 1.28. The fourth-order valence-corrected chi connectivity index (χ4v) is 2.20. The van der Waals surface area contributed by atoms with Crippen molar-refractivity contribution in [2.24, 2.45) is 5.10 Å². The summed E-state index contributed by atoms with van der Waals surface area (Å²) in [6, 6.07) is 14.5. The number of hydrazone groups is 1. The van der Waals surface area contributed by atoms with E-state index in [1.54, 1.807) is 24.3 Å². The number of benzene rings is 2. The molecule has 1 aromatic heterocycles. The lowest BCUT2D eigenvalue weighted by atomic mass is 10.1. The van der Waals surface area contributed by atoms with Crippen molar-refractivity contribution in [3.63, 3.8) is 0 Å². The van der Waals surface area contributed by atoms with Gasteiger partial charge in [-0.15, -0.1) is 0 Å². The van der Waals surface area contributed by atoms with Gasteiger partial charge in [0.05, 0.1) is 11.1 Å². The molecule has 3 aromatic rings. The van der Waals surface area contributed by atoms with Crippen molar-refractivity contribution in [2.45, 2.75) is 0 Å². The molecular formula is C18H12FN3O4. The summed E-state index contributed by atoms with van der Waals surface area (Å²) in [5.41, 5.74) is 2.90. The zero-order valence-electron chi connectivity index (χ0n) is 13.3. The number of hydrogen-bond donors (Lipinski definition) is 1. The normalized spacial score (nSPS) is 10.8. The largest absolute Gasteiger partial charge is 0.455 e. The van der Waals surface area contributed by atoms with Crippen LogP contribution in [-0.4, -0.2) is 17.0 Å². The Bertz CT molecular complexity index is 997. The summed E-state index contributed by atoms with van der Waals surface area (Å²) < 4.78 is 18.6. The van der Waals surface area contributed by atoms with E-state index in [-0.39, 0.29) is 11.3 Å². The summed E-state index contributed by atoms with van der Waals surface area (Å²) in [6.45, 7) is 0. The number of furan rings is 1. The molecule has 0 radical (unpaired) electrons. The van der Waals surface area contributed by atoms with E-state index in [1.807, 2.05) is 0 Å². The number of carbonyl (C=O) groups is 1. The highest BCUT2D eigenvalue weighted by atomic mass is 19.1. The van der Waals surface area contributed by atoms with Gasteiger partial charge < -0.3 is 4.42 Å². The van der Waals surface area contributed by atoms with E-state index in [0.29, 0.717) is 17.1 Å². The molecule has 26 heavy (non-hydrogen) atoms. The smallest absolute Gasteiger partial charge is 0.271 e. The Labute approximate surface area is 146 Å². The first-order valence-electron chi connectivity index (χ1n) is 7.46. The third-order valence-electron chi connectivity index (χ3n) is 3.41. The predicted octanol–water partition coefficient (Wildman–Crippen LogP) is 3.76. The van der Waals surface area contributed by atoms with Crippen LogP contribution in [0.15, 0.2) is 70.2 Å². The van der Waals surface area contributed by atoms with Gasteiger partial charge in [0.25, 0.3) is 11.6 Å². The molecule has 8 heteroatoms. The van der Waals surface area contributed by atoms with Crippen LogP contribution in [0.4, 0.5) is 10.1 Å². The molecule has 0 spiro atoms. The summed E-state index contributed by atoms with van der Waals surface area (Å²) in [5, 5.41) is 14.6. The minimum absolute atomic E-state index is 0.0449. The average molecular weight is 353 g/mol. The molecule has 0 fully saturated rings. The highest BCUT2D eigenvalue weighted by Crippen LogP contribution is 2.25. The molecule has 1 amide bonds. The van der Waals surface area contributed by atoms with Gasteiger partial charge in [0.15, 0.2) is 0 Å². The van der Waals surface area contributed by atoms with Gasteiger partial charge in [-0.1, -0.05) is 18.2 Å². The van der Waals surface area contributed by atoms with Gasteiger partial charge in [0.1, 0.15) is 17.3 Å². The lowest BCUT2D eigenvalue weighted by Crippen LogP contribution is -2.17. The molecule has 0 saturated heterocycles.